The van der Waals surface area contributed by atoms with Gasteiger partial charge < -0.3 is 9.84 Å². The van der Waals surface area contributed by atoms with Crippen LogP contribution in [-0.4, -0.2) is 36.3 Å². The maximum absolute atomic E-state index is 12.8. The van der Waals surface area contributed by atoms with Gasteiger partial charge in [-0.2, -0.15) is 4.98 Å². The quantitative estimate of drug-likeness (QED) is 0.767. The topological polar surface area (TPSA) is 112 Å². The van der Waals surface area contributed by atoms with Gasteiger partial charge in [0.1, 0.15) is 11.9 Å². The van der Waals surface area contributed by atoms with Gasteiger partial charge in [-0.3, -0.25) is 4.79 Å². The molecular formula is C16H17N7O2. The number of benzene rings is 1. The fraction of sp³-hybridized carbons (Fsp3) is 0.375. The molecule has 2 heterocycles. The van der Waals surface area contributed by atoms with E-state index in [1.807, 2.05) is 6.07 Å². The summed E-state index contributed by atoms with van der Waals surface area (Å²) in [4.78, 5) is 17.2. The van der Waals surface area contributed by atoms with E-state index in [4.69, 9.17) is 4.52 Å². The average Bonchev–Trinajstić information content (AvgIpc) is 3.37. The molecule has 2 aromatic heterocycles. The normalized spacial score (nSPS) is 16.0. The Bertz CT molecular complexity index is 882. The summed E-state index contributed by atoms with van der Waals surface area (Å²) < 4.78 is 6.62. The lowest BCUT2D eigenvalue weighted by Crippen LogP contribution is -2.44. The van der Waals surface area contributed by atoms with Gasteiger partial charge in [0, 0.05) is 12.5 Å². The van der Waals surface area contributed by atoms with Gasteiger partial charge in [-0.1, -0.05) is 24.1 Å². The molecular weight excluding hydrogens is 322 g/mol. The van der Waals surface area contributed by atoms with Gasteiger partial charge in [0.15, 0.2) is 5.82 Å². The summed E-state index contributed by atoms with van der Waals surface area (Å²) in [7, 11) is 0. The SMILES string of the molecule is Cc1nc(C2(NC(=O)c3cccc(-n4cnnn4)c3)CCCC2)no1. The molecule has 1 saturated carbocycles. The molecule has 128 valence electrons. The lowest BCUT2D eigenvalue weighted by atomic mass is 9.96. The van der Waals surface area contributed by atoms with Crippen molar-refractivity contribution >= 4 is 5.91 Å². The third kappa shape index (κ3) is 2.88. The minimum Gasteiger partial charge on any atom is -0.340 e. The van der Waals surface area contributed by atoms with Crippen molar-refractivity contribution in [2.24, 2.45) is 0 Å². The van der Waals surface area contributed by atoms with E-state index in [0.29, 0.717) is 23.0 Å². The molecule has 1 aliphatic rings. The predicted octanol–water partition coefficient (Wildman–Crippen LogP) is 1.55. The van der Waals surface area contributed by atoms with Crippen LogP contribution in [0.4, 0.5) is 0 Å². The number of rotatable bonds is 4. The number of nitrogens with zero attached hydrogens (tertiary/aromatic N) is 6. The van der Waals surface area contributed by atoms with Crippen LogP contribution in [-0.2, 0) is 5.54 Å². The van der Waals surface area contributed by atoms with E-state index < -0.39 is 5.54 Å². The molecule has 1 N–H and O–H groups in total. The zero-order valence-corrected chi connectivity index (χ0v) is 13.7. The van der Waals surface area contributed by atoms with E-state index in [1.54, 1.807) is 25.1 Å². The van der Waals surface area contributed by atoms with Gasteiger partial charge >= 0.3 is 0 Å². The Hall–Kier alpha value is -3.10. The summed E-state index contributed by atoms with van der Waals surface area (Å²) in [5, 5.41) is 18.2. The van der Waals surface area contributed by atoms with Crippen LogP contribution in [0.1, 0.15) is 47.8 Å². The number of aromatic nitrogens is 6. The molecule has 0 saturated heterocycles. The van der Waals surface area contributed by atoms with Gasteiger partial charge in [-0.15, -0.1) is 5.10 Å². The molecule has 9 heteroatoms. The van der Waals surface area contributed by atoms with Crippen LogP contribution in [0.2, 0.25) is 0 Å². The number of aryl methyl sites for hydroxylation is 1. The Morgan fingerprint density at radius 1 is 1.32 bits per heavy atom. The number of hydrogen-bond acceptors (Lipinski definition) is 7. The summed E-state index contributed by atoms with van der Waals surface area (Å²) in [6.07, 6.45) is 5.10. The standard InChI is InChI=1S/C16H17N7O2/c1-11-18-15(20-25-11)16(7-2-3-8-16)19-14(24)12-5-4-6-13(9-12)23-10-17-21-22-23/h4-6,9-10H,2-3,7-8H2,1H3,(H,19,24). The van der Waals surface area contributed by atoms with Crippen LogP contribution in [0.5, 0.6) is 0 Å². The van der Waals surface area contributed by atoms with Crippen molar-refractivity contribution in [3.05, 3.63) is 47.9 Å². The molecule has 0 radical (unpaired) electrons. The molecule has 0 atom stereocenters. The Kier molecular flexibility index (Phi) is 3.75. The molecule has 1 amide bonds. The van der Waals surface area contributed by atoms with Crippen LogP contribution in [0.25, 0.3) is 5.69 Å². The number of amides is 1. The molecule has 1 aromatic carbocycles. The Morgan fingerprint density at radius 2 is 2.16 bits per heavy atom. The first kappa shape index (κ1) is 15.4. The average molecular weight is 339 g/mol. The number of tetrazole rings is 1. The summed E-state index contributed by atoms with van der Waals surface area (Å²) in [6.45, 7) is 1.75. The summed E-state index contributed by atoms with van der Waals surface area (Å²) in [6, 6.07) is 7.13. The van der Waals surface area contributed by atoms with Crippen molar-refractivity contribution in [1.29, 1.82) is 0 Å². The predicted molar refractivity (Wildman–Crippen MR) is 85.8 cm³/mol. The van der Waals surface area contributed by atoms with Crippen molar-refractivity contribution in [3.63, 3.8) is 0 Å². The lowest BCUT2D eigenvalue weighted by Gasteiger charge is -2.26. The maximum atomic E-state index is 12.8. The Labute approximate surface area is 143 Å². The van der Waals surface area contributed by atoms with Gasteiger partial charge in [0.2, 0.25) is 5.89 Å². The highest BCUT2D eigenvalue weighted by atomic mass is 16.5. The Morgan fingerprint density at radius 3 is 2.84 bits per heavy atom. The highest BCUT2D eigenvalue weighted by Crippen LogP contribution is 2.37. The van der Waals surface area contributed by atoms with Crippen LogP contribution < -0.4 is 5.32 Å². The van der Waals surface area contributed by atoms with Gasteiger partial charge in [0.25, 0.3) is 5.91 Å². The zero-order valence-electron chi connectivity index (χ0n) is 13.7. The van der Waals surface area contributed by atoms with E-state index in [0.717, 1.165) is 25.7 Å². The fourth-order valence-electron chi connectivity index (χ4n) is 3.24. The highest BCUT2D eigenvalue weighted by Gasteiger charge is 2.41. The molecule has 1 fully saturated rings. The van der Waals surface area contributed by atoms with Crippen molar-refractivity contribution in [3.8, 4) is 5.69 Å². The second-order valence-corrected chi connectivity index (χ2v) is 6.19. The second-order valence-electron chi connectivity index (χ2n) is 6.19. The third-order valence-corrected chi connectivity index (χ3v) is 4.49. The molecule has 0 aliphatic heterocycles. The first-order valence-corrected chi connectivity index (χ1v) is 8.13. The molecule has 0 bridgehead atoms. The smallest absolute Gasteiger partial charge is 0.252 e. The largest absolute Gasteiger partial charge is 0.340 e. The number of carbonyl (C=O) groups is 1. The monoisotopic (exact) mass is 339 g/mol. The van der Waals surface area contributed by atoms with Crippen LogP contribution in [0.15, 0.2) is 35.1 Å². The minimum absolute atomic E-state index is 0.181. The molecule has 0 spiro atoms. The van der Waals surface area contributed by atoms with E-state index in [-0.39, 0.29) is 5.91 Å². The first-order chi connectivity index (χ1) is 12.2. The maximum Gasteiger partial charge on any atom is 0.252 e. The summed E-state index contributed by atoms with van der Waals surface area (Å²) in [5.41, 5.74) is 0.674. The molecule has 1 aliphatic carbocycles. The van der Waals surface area contributed by atoms with E-state index in [1.165, 1.54) is 11.0 Å². The van der Waals surface area contributed by atoms with Gasteiger partial charge in [-0.25, -0.2) is 4.68 Å². The van der Waals surface area contributed by atoms with Crippen LogP contribution in [0, 0.1) is 6.92 Å². The second kappa shape index (κ2) is 6.08. The summed E-state index contributed by atoms with van der Waals surface area (Å²) >= 11 is 0. The molecule has 0 unspecified atom stereocenters. The van der Waals surface area contributed by atoms with E-state index >= 15 is 0 Å². The van der Waals surface area contributed by atoms with Gasteiger partial charge in [0.05, 0.1) is 5.69 Å². The van der Waals surface area contributed by atoms with Crippen molar-refractivity contribution in [2.75, 3.05) is 0 Å². The van der Waals surface area contributed by atoms with Crippen molar-refractivity contribution < 1.29 is 9.32 Å². The van der Waals surface area contributed by atoms with E-state index in [2.05, 4.69) is 31.0 Å². The number of hydrogen-bond donors (Lipinski definition) is 1. The lowest BCUT2D eigenvalue weighted by molar-refractivity contribution is 0.0892. The fourth-order valence-corrected chi connectivity index (χ4v) is 3.24. The van der Waals surface area contributed by atoms with Crippen LogP contribution >= 0.6 is 0 Å². The molecule has 9 nitrogen and oxygen atoms in total. The first-order valence-electron chi connectivity index (χ1n) is 8.13. The van der Waals surface area contributed by atoms with Crippen LogP contribution in [0.3, 0.4) is 0 Å². The van der Waals surface area contributed by atoms with Gasteiger partial charge in [-0.05, 0) is 41.5 Å². The zero-order chi connectivity index (χ0) is 17.3. The van der Waals surface area contributed by atoms with E-state index in [9.17, 15) is 4.79 Å². The Balaban J connectivity index is 1.61. The third-order valence-electron chi connectivity index (χ3n) is 4.49. The van der Waals surface area contributed by atoms with Crippen molar-refractivity contribution in [1.82, 2.24) is 35.7 Å². The highest BCUT2D eigenvalue weighted by molar-refractivity contribution is 5.95. The molecule has 3 aromatic rings. The number of nitrogens with one attached hydrogen (secondary N) is 1. The van der Waals surface area contributed by atoms with Crippen molar-refractivity contribution in [2.45, 2.75) is 38.1 Å². The summed E-state index contributed by atoms with van der Waals surface area (Å²) in [5.74, 6) is 0.864. The number of carbonyl (C=O) groups excluding carboxylic acids is 1. The molecule has 4 rings (SSSR count). The molecule has 25 heavy (non-hydrogen) atoms. The minimum atomic E-state index is -0.570.